The number of thiophene rings is 1. The third kappa shape index (κ3) is 5.55. The molecule has 3 rings (SSSR count). The molecule has 0 saturated carbocycles. The highest BCUT2D eigenvalue weighted by Gasteiger charge is 2.24. The topological polar surface area (TPSA) is 73.5 Å². The number of likely N-dealkylation sites (tertiary alicyclic amines) is 1. The molecule has 2 aromatic rings. The maximum atomic E-state index is 12.7. The minimum atomic E-state index is -0.314. The monoisotopic (exact) mass is 386 g/mol. The number of amides is 3. The van der Waals surface area contributed by atoms with Crippen molar-refractivity contribution in [1.82, 2.24) is 10.2 Å². The van der Waals surface area contributed by atoms with E-state index in [-0.39, 0.29) is 11.9 Å². The van der Waals surface area contributed by atoms with Crippen LogP contribution in [0.2, 0.25) is 0 Å². The number of carbonyl (C=O) groups is 2. The molecule has 27 heavy (non-hydrogen) atoms. The molecular formula is C20H26N4O2S. The van der Waals surface area contributed by atoms with Crippen LogP contribution in [0, 0.1) is 5.92 Å². The van der Waals surface area contributed by atoms with Crippen molar-refractivity contribution in [3.05, 3.63) is 47.3 Å². The van der Waals surface area contributed by atoms with Crippen LogP contribution in [-0.4, -0.2) is 43.0 Å². The summed E-state index contributed by atoms with van der Waals surface area (Å²) in [4.78, 5) is 27.4. The first-order valence-electron chi connectivity index (χ1n) is 9.38. The van der Waals surface area contributed by atoms with Crippen molar-refractivity contribution >= 4 is 34.0 Å². The summed E-state index contributed by atoms with van der Waals surface area (Å²) in [7, 11) is 0. The number of urea groups is 1. The zero-order chi connectivity index (χ0) is 19.1. The fraction of sp³-hybridized carbons (Fsp3) is 0.400. The molecule has 6 nitrogen and oxygen atoms in total. The summed E-state index contributed by atoms with van der Waals surface area (Å²) in [5.74, 6) is 0.703. The highest BCUT2D eigenvalue weighted by Crippen LogP contribution is 2.25. The number of benzene rings is 1. The number of carbonyl (C=O) groups excluding carboxylic acids is 2. The van der Waals surface area contributed by atoms with Crippen molar-refractivity contribution in [3.8, 4) is 0 Å². The summed E-state index contributed by atoms with van der Waals surface area (Å²) in [6.07, 6.45) is 2.07. The maximum absolute atomic E-state index is 12.7. The lowest BCUT2D eigenvalue weighted by Crippen LogP contribution is -2.40. The summed E-state index contributed by atoms with van der Waals surface area (Å²) >= 11 is 1.31. The van der Waals surface area contributed by atoms with Gasteiger partial charge in [-0.2, -0.15) is 0 Å². The first-order valence-corrected chi connectivity index (χ1v) is 10.2. The van der Waals surface area contributed by atoms with Crippen LogP contribution < -0.4 is 16.0 Å². The SMILES string of the molecule is CCNCC1CCN(C(=O)c2ccc(NC(=O)Nc3ccccc3)s2)CC1. The average molecular weight is 387 g/mol. The van der Waals surface area contributed by atoms with Gasteiger partial charge >= 0.3 is 6.03 Å². The smallest absolute Gasteiger partial charge is 0.324 e. The van der Waals surface area contributed by atoms with E-state index in [0.29, 0.717) is 15.8 Å². The lowest BCUT2D eigenvalue weighted by atomic mass is 9.96. The fourth-order valence-electron chi connectivity index (χ4n) is 3.16. The second kappa shape index (κ2) is 9.53. The van der Waals surface area contributed by atoms with Gasteiger partial charge in [0.05, 0.1) is 9.88 Å². The number of hydrogen-bond donors (Lipinski definition) is 3. The molecule has 1 fully saturated rings. The Balaban J connectivity index is 1.50. The van der Waals surface area contributed by atoms with Crippen LogP contribution in [0.15, 0.2) is 42.5 Å². The summed E-state index contributed by atoms with van der Waals surface area (Å²) in [5, 5.41) is 9.60. The Kier molecular flexibility index (Phi) is 6.84. The van der Waals surface area contributed by atoms with Crippen LogP contribution in [0.4, 0.5) is 15.5 Å². The summed E-state index contributed by atoms with van der Waals surface area (Å²) in [5.41, 5.74) is 0.725. The lowest BCUT2D eigenvalue weighted by molar-refractivity contribution is 0.0695. The Morgan fingerprint density at radius 1 is 1.07 bits per heavy atom. The standard InChI is InChI=1S/C20H26N4O2S/c1-2-21-14-15-10-12-24(13-11-15)19(25)17-8-9-18(27-17)23-20(26)22-16-6-4-3-5-7-16/h3-9,15,21H,2,10-14H2,1H3,(H2,22,23,26). The molecule has 0 aliphatic carbocycles. The van der Waals surface area contributed by atoms with Crippen LogP contribution in [0.1, 0.15) is 29.4 Å². The first-order chi connectivity index (χ1) is 13.2. The van der Waals surface area contributed by atoms with Gasteiger partial charge in [0.15, 0.2) is 0 Å². The molecule has 1 aromatic carbocycles. The summed E-state index contributed by atoms with van der Waals surface area (Å²) in [6.45, 7) is 5.72. The number of piperidine rings is 1. The highest BCUT2D eigenvalue weighted by molar-refractivity contribution is 7.18. The third-order valence-corrected chi connectivity index (χ3v) is 5.66. The number of nitrogens with one attached hydrogen (secondary N) is 3. The largest absolute Gasteiger partial charge is 0.338 e. The second-order valence-corrected chi connectivity index (χ2v) is 7.74. The average Bonchev–Trinajstić information content (AvgIpc) is 3.15. The molecule has 144 valence electrons. The third-order valence-electron chi connectivity index (χ3n) is 4.67. The van der Waals surface area contributed by atoms with E-state index in [1.807, 2.05) is 35.2 Å². The number of para-hydroxylation sites is 1. The Morgan fingerprint density at radius 3 is 2.52 bits per heavy atom. The van der Waals surface area contributed by atoms with E-state index in [9.17, 15) is 9.59 Å². The van der Waals surface area contributed by atoms with Crippen molar-refractivity contribution < 1.29 is 9.59 Å². The van der Waals surface area contributed by atoms with E-state index >= 15 is 0 Å². The number of nitrogens with zero attached hydrogens (tertiary/aromatic N) is 1. The van der Waals surface area contributed by atoms with Crippen molar-refractivity contribution in [2.75, 3.05) is 36.8 Å². The van der Waals surface area contributed by atoms with E-state index in [2.05, 4.69) is 22.9 Å². The number of hydrogen-bond acceptors (Lipinski definition) is 4. The Morgan fingerprint density at radius 2 is 1.81 bits per heavy atom. The molecule has 0 bridgehead atoms. The quantitative estimate of drug-likeness (QED) is 0.706. The Bertz CT molecular complexity index is 754. The zero-order valence-electron chi connectivity index (χ0n) is 15.5. The second-order valence-electron chi connectivity index (χ2n) is 6.65. The summed E-state index contributed by atoms with van der Waals surface area (Å²) < 4.78 is 0. The predicted octanol–water partition coefficient (Wildman–Crippen LogP) is 3.85. The fourth-order valence-corrected chi connectivity index (χ4v) is 4.03. The van der Waals surface area contributed by atoms with Gasteiger partial charge in [0.25, 0.3) is 5.91 Å². The van der Waals surface area contributed by atoms with E-state index in [0.717, 1.165) is 44.7 Å². The van der Waals surface area contributed by atoms with Gasteiger partial charge in [0.2, 0.25) is 0 Å². The van der Waals surface area contributed by atoms with Crippen molar-refractivity contribution in [2.45, 2.75) is 19.8 Å². The van der Waals surface area contributed by atoms with Crippen LogP contribution >= 0.6 is 11.3 Å². The Hall–Kier alpha value is -2.38. The van der Waals surface area contributed by atoms with Crippen LogP contribution in [-0.2, 0) is 0 Å². The number of rotatable bonds is 6. The van der Waals surface area contributed by atoms with Crippen molar-refractivity contribution in [2.24, 2.45) is 5.92 Å². The van der Waals surface area contributed by atoms with Crippen LogP contribution in [0.5, 0.6) is 0 Å². The molecule has 2 heterocycles. The van der Waals surface area contributed by atoms with Gasteiger partial charge in [-0.3, -0.25) is 10.1 Å². The maximum Gasteiger partial charge on any atom is 0.324 e. The molecule has 1 saturated heterocycles. The van der Waals surface area contributed by atoms with Gasteiger partial charge in [0, 0.05) is 18.8 Å². The molecule has 0 spiro atoms. The molecule has 1 aliphatic heterocycles. The first kappa shape index (κ1) is 19.4. The normalized spacial score (nSPS) is 14.8. The van der Waals surface area contributed by atoms with Gasteiger partial charge in [-0.1, -0.05) is 25.1 Å². The highest BCUT2D eigenvalue weighted by atomic mass is 32.1. The molecule has 0 radical (unpaired) electrons. The van der Waals surface area contributed by atoms with Crippen LogP contribution in [0.25, 0.3) is 0 Å². The van der Waals surface area contributed by atoms with Crippen LogP contribution in [0.3, 0.4) is 0 Å². The van der Waals surface area contributed by atoms with E-state index in [1.54, 1.807) is 12.1 Å². The molecule has 1 aromatic heterocycles. The van der Waals surface area contributed by atoms with Gasteiger partial charge in [0.1, 0.15) is 0 Å². The van der Waals surface area contributed by atoms with E-state index in [4.69, 9.17) is 0 Å². The van der Waals surface area contributed by atoms with Crippen molar-refractivity contribution in [3.63, 3.8) is 0 Å². The minimum Gasteiger partial charge on any atom is -0.338 e. The molecule has 3 amide bonds. The van der Waals surface area contributed by atoms with E-state index in [1.165, 1.54) is 11.3 Å². The number of anilines is 2. The van der Waals surface area contributed by atoms with Gasteiger partial charge in [-0.05, 0) is 56.1 Å². The van der Waals surface area contributed by atoms with Gasteiger partial charge in [-0.25, -0.2) is 4.79 Å². The van der Waals surface area contributed by atoms with Gasteiger partial charge < -0.3 is 15.5 Å². The zero-order valence-corrected chi connectivity index (χ0v) is 16.3. The lowest BCUT2D eigenvalue weighted by Gasteiger charge is -2.31. The predicted molar refractivity (Wildman–Crippen MR) is 111 cm³/mol. The molecular weight excluding hydrogens is 360 g/mol. The Labute approximate surface area is 164 Å². The van der Waals surface area contributed by atoms with Crippen molar-refractivity contribution in [1.29, 1.82) is 0 Å². The minimum absolute atomic E-state index is 0.0541. The van der Waals surface area contributed by atoms with Gasteiger partial charge in [-0.15, -0.1) is 11.3 Å². The molecule has 1 aliphatic rings. The summed E-state index contributed by atoms with van der Waals surface area (Å²) in [6, 6.07) is 12.5. The van der Waals surface area contributed by atoms with E-state index < -0.39 is 0 Å². The molecule has 7 heteroatoms. The molecule has 3 N–H and O–H groups in total. The molecule has 0 atom stereocenters. The molecule has 0 unspecified atom stereocenters.